The van der Waals surface area contributed by atoms with Gasteiger partial charge in [-0.2, -0.15) is 0 Å². The van der Waals surface area contributed by atoms with Gasteiger partial charge in [0.15, 0.2) is 0 Å². The van der Waals surface area contributed by atoms with E-state index in [1.54, 1.807) is 12.1 Å². The third kappa shape index (κ3) is 1.76. The summed E-state index contributed by atoms with van der Waals surface area (Å²) in [6.45, 7) is -0.196. The van der Waals surface area contributed by atoms with Crippen LogP contribution in [0, 0.1) is 4.91 Å². The topological polar surface area (TPSA) is 49.7 Å². The Balaban J connectivity index is 3.16. The third-order valence-electron chi connectivity index (χ3n) is 1.32. The van der Waals surface area contributed by atoms with E-state index in [0.29, 0.717) is 10.6 Å². The van der Waals surface area contributed by atoms with E-state index in [-0.39, 0.29) is 12.3 Å². The maximum Gasteiger partial charge on any atom is 0.114 e. The van der Waals surface area contributed by atoms with Crippen molar-refractivity contribution in [2.24, 2.45) is 5.18 Å². The first-order valence-electron chi connectivity index (χ1n) is 3.00. The first-order chi connectivity index (χ1) is 5.27. The highest BCUT2D eigenvalue weighted by atomic mass is 35.5. The van der Waals surface area contributed by atoms with Gasteiger partial charge in [-0.1, -0.05) is 17.7 Å². The minimum Gasteiger partial charge on any atom is -0.392 e. The zero-order chi connectivity index (χ0) is 8.27. The van der Waals surface area contributed by atoms with Crippen molar-refractivity contribution in [1.82, 2.24) is 0 Å². The summed E-state index contributed by atoms with van der Waals surface area (Å²) in [6.07, 6.45) is 0. The molecule has 1 aromatic rings. The molecule has 0 amide bonds. The van der Waals surface area contributed by atoms with Crippen molar-refractivity contribution in [3.05, 3.63) is 33.7 Å². The molecular weight excluding hydrogens is 166 g/mol. The number of nitrogens with zero attached hydrogens (tertiary/aromatic N) is 1. The molecule has 1 rings (SSSR count). The Morgan fingerprint density at radius 3 is 2.82 bits per heavy atom. The van der Waals surface area contributed by atoms with Crippen molar-refractivity contribution >= 4 is 17.3 Å². The van der Waals surface area contributed by atoms with Crippen LogP contribution in [0.5, 0.6) is 0 Å². The molecule has 3 nitrogen and oxygen atoms in total. The van der Waals surface area contributed by atoms with Gasteiger partial charge in [-0.25, -0.2) is 0 Å². The fraction of sp³-hybridized carbons (Fsp3) is 0.143. The van der Waals surface area contributed by atoms with Crippen molar-refractivity contribution < 1.29 is 5.11 Å². The Bertz CT molecular complexity index is 275. The molecule has 0 aliphatic heterocycles. The Morgan fingerprint density at radius 1 is 1.55 bits per heavy atom. The smallest absolute Gasteiger partial charge is 0.114 e. The highest BCUT2D eigenvalue weighted by Crippen LogP contribution is 2.23. The van der Waals surface area contributed by atoms with Crippen LogP contribution in [0.4, 0.5) is 5.69 Å². The summed E-state index contributed by atoms with van der Waals surface area (Å²) in [7, 11) is 0. The fourth-order valence-electron chi connectivity index (χ4n) is 0.756. The van der Waals surface area contributed by atoms with Crippen molar-refractivity contribution in [2.45, 2.75) is 6.61 Å². The van der Waals surface area contributed by atoms with Gasteiger partial charge in [0.05, 0.1) is 6.61 Å². The van der Waals surface area contributed by atoms with Gasteiger partial charge in [-0.05, 0) is 17.3 Å². The van der Waals surface area contributed by atoms with Crippen LogP contribution in [0.2, 0.25) is 5.02 Å². The van der Waals surface area contributed by atoms with Gasteiger partial charge in [0.25, 0.3) is 0 Å². The first-order valence-corrected chi connectivity index (χ1v) is 3.38. The van der Waals surface area contributed by atoms with Crippen LogP contribution in [0.3, 0.4) is 0 Å². The summed E-state index contributed by atoms with van der Waals surface area (Å²) in [4.78, 5) is 10.1. The van der Waals surface area contributed by atoms with E-state index >= 15 is 0 Å². The average Bonchev–Trinajstić information content (AvgIpc) is 2.04. The van der Waals surface area contributed by atoms with E-state index in [2.05, 4.69) is 5.18 Å². The van der Waals surface area contributed by atoms with Gasteiger partial charge in [0, 0.05) is 10.6 Å². The van der Waals surface area contributed by atoms with Crippen molar-refractivity contribution in [3.63, 3.8) is 0 Å². The summed E-state index contributed by atoms with van der Waals surface area (Å²) >= 11 is 5.57. The van der Waals surface area contributed by atoms with Crippen LogP contribution < -0.4 is 0 Å². The molecule has 0 saturated heterocycles. The summed E-state index contributed by atoms with van der Waals surface area (Å²) in [6, 6.07) is 4.58. The van der Waals surface area contributed by atoms with Gasteiger partial charge in [-0.15, -0.1) is 4.91 Å². The first kappa shape index (κ1) is 8.17. The van der Waals surface area contributed by atoms with Crippen molar-refractivity contribution in [3.8, 4) is 0 Å². The minimum atomic E-state index is -0.196. The van der Waals surface area contributed by atoms with Crippen LogP contribution in [0.1, 0.15) is 5.56 Å². The van der Waals surface area contributed by atoms with E-state index in [1.807, 2.05) is 0 Å². The number of rotatable bonds is 2. The molecule has 0 aromatic heterocycles. The van der Waals surface area contributed by atoms with E-state index < -0.39 is 0 Å². The monoisotopic (exact) mass is 171 g/mol. The van der Waals surface area contributed by atoms with Crippen LogP contribution in [0.25, 0.3) is 0 Å². The number of aliphatic hydroxyl groups is 1. The zero-order valence-corrected chi connectivity index (χ0v) is 6.38. The summed E-state index contributed by atoms with van der Waals surface area (Å²) < 4.78 is 0. The summed E-state index contributed by atoms with van der Waals surface area (Å²) in [5.41, 5.74) is 0.685. The van der Waals surface area contributed by atoms with Crippen LogP contribution in [-0.2, 0) is 6.61 Å². The lowest BCUT2D eigenvalue weighted by Gasteiger charge is -1.98. The molecule has 1 N–H and O–H groups in total. The molecule has 0 spiro atoms. The molecule has 0 radical (unpaired) electrons. The minimum absolute atomic E-state index is 0.194. The highest BCUT2D eigenvalue weighted by molar-refractivity contribution is 6.30. The van der Waals surface area contributed by atoms with Gasteiger partial charge in [-0.3, -0.25) is 0 Å². The molecule has 58 valence electrons. The lowest BCUT2D eigenvalue weighted by molar-refractivity contribution is 0.282. The number of nitroso groups, excluding NO2 is 1. The number of benzene rings is 1. The van der Waals surface area contributed by atoms with Gasteiger partial charge >= 0.3 is 0 Å². The van der Waals surface area contributed by atoms with E-state index in [9.17, 15) is 4.91 Å². The lowest BCUT2D eigenvalue weighted by atomic mass is 10.2. The highest BCUT2D eigenvalue weighted by Gasteiger charge is 2.01. The molecule has 1 aromatic carbocycles. The molecule has 4 heteroatoms. The fourth-order valence-corrected chi connectivity index (χ4v) is 0.922. The largest absolute Gasteiger partial charge is 0.392 e. The Labute approximate surface area is 68.6 Å². The average molecular weight is 172 g/mol. The molecular formula is C7H6ClNO2. The Kier molecular flexibility index (Phi) is 2.57. The van der Waals surface area contributed by atoms with E-state index in [0.717, 1.165) is 0 Å². The third-order valence-corrected chi connectivity index (χ3v) is 1.55. The molecule has 0 fully saturated rings. The molecule has 0 unspecified atom stereocenters. The van der Waals surface area contributed by atoms with Crippen molar-refractivity contribution in [2.75, 3.05) is 0 Å². The molecule has 0 atom stereocenters. The second kappa shape index (κ2) is 3.46. The number of hydrogen-bond donors (Lipinski definition) is 1. The van der Waals surface area contributed by atoms with Gasteiger partial charge < -0.3 is 5.11 Å². The SMILES string of the molecule is O=Nc1cc(Cl)ccc1CO. The number of aliphatic hydroxyl groups excluding tert-OH is 1. The predicted molar refractivity (Wildman–Crippen MR) is 42.8 cm³/mol. The predicted octanol–water partition coefficient (Wildman–Crippen LogP) is 2.23. The molecule has 11 heavy (non-hydrogen) atoms. The standard InChI is InChI=1S/C7H6ClNO2/c8-6-2-1-5(4-10)7(3-6)9-11/h1-3,10H,4H2. The van der Waals surface area contributed by atoms with Gasteiger partial charge in [0.2, 0.25) is 0 Å². The van der Waals surface area contributed by atoms with Gasteiger partial charge in [0.1, 0.15) is 5.69 Å². The number of halogens is 1. The second-order valence-electron chi connectivity index (χ2n) is 2.02. The lowest BCUT2D eigenvalue weighted by Crippen LogP contribution is -1.82. The van der Waals surface area contributed by atoms with Crippen LogP contribution >= 0.6 is 11.6 Å². The number of hydrogen-bond acceptors (Lipinski definition) is 3. The maximum atomic E-state index is 10.1. The molecule has 0 bridgehead atoms. The van der Waals surface area contributed by atoms with E-state index in [1.165, 1.54) is 6.07 Å². The zero-order valence-electron chi connectivity index (χ0n) is 5.62. The molecule has 0 aliphatic carbocycles. The van der Waals surface area contributed by atoms with Crippen molar-refractivity contribution in [1.29, 1.82) is 0 Å². The molecule has 0 saturated carbocycles. The molecule has 0 heterocycles. The normalized spacial score (nSPS) is 9.64. The second-order valence-corrected chi connectivity index (χ2v) is 2.46. The summed E-state index contributed by atoms with van der Waals surface area (Å²) in [5, 5.41) is 11.8. The quantitative estimate of drug-likeness (QED) is 0.694. The van der Waals surface area contributed by atoms with Crippen LogP contribution in [0.15, 0.2) is 23.4 Å². The molecule has 0 aliphatic rings. The Morgan fingerprint density at radius 2 is 2.27 bits per heavy atom. The summed E-state index contributed by atoms with van der Waals surface area (Å²) in [5.74, 6) is 0. The van der Waals surface area contributed by atoms with E-state index in [4.69, 9.17) is 16.7 Å². The Hall–Kier alpha value is -0.930. The van der Waals surface area contributed by atoms with Crippen LogP contribution in [-0.4, -0.2) is 5.11 Å². The maximum absolute atomic E-state index is 10.1.